The number of halogens is 1. The first-order valence-corrected chi connectivity index (χ1v) is 8.86. The van der Waals surface area contributed by atoms with Crippen molar-refractivity contribution in [3.05, 3.63) is 27.7 Å². The Morgan fingerprint density at radius 2 is 1.85 bits per heavy atom. The van der Waals surface area contributed by atoms with Crippen LogP contribution < -0.4 is 9.47 Å². The average molecular weight is 437 g/mol. The van der Waals surface area contributed by atoms with Gasteiger partial charge in [0.05, 0.1) is 11.1 Å². The Hall–Kier alpha value is -2.37. The highest BCUT2D eigenvalue weighted by molar-refractivity contribution is 9.10. The Labute approximate surface area is 165 Å². The second-order valence-corrected chi connectivity index (χ2v) is 6.54. The molecule has 6 nitrogen and oxygen atoms in total. The lowest BCUT2D eigenvalue weighted by Crippen LogP contribution is -2.52. The Morgan fingerprint density at radius 1 is 1.23 bits per heavy atom. The molecule has 0 radical (unpaired) electrons. The highest BCUT2D eigenvalue weighted by atomic mass is 79.9. The van der Waals surface area contributed by atoms with Crippen molar-refractivity contribution in [2.24, 2.45) is 0 Å². The molecule has 1 aliphatic heterocycles. The minimum Gasteiger partial charge on any atom is -0.490 e. The topological polar surface area (TPSA) is 59.1 Å². The SMILES string of the molecule is C#CCOc1c(Br)cc(C=C2C(=O)N(C)C(=S)N(C)C2=O)cc1OCC. The van der Waals surface area contributed by atoms with Gasteiger partial charge in [0, 0.05) is 14.1 Å². The number of ether oxygens (including phenoxy) is 2. The smallest absolute Gasteiger partial charge is 0.265 e. The molecule has 26 heavy (non-hydrogen) atoms. The summed E-state index contributed by atoms with van der Waals surface area (Å²) in [5.74, 6) is 2.40. The molecule has 1 aromatic rings. The summed E-state index contributed by atoms with van der Waals surface area (Å²) in [4.78, 5) is 27.4. The lowest BCUT2D eigenvalue weighted by atomic mass is 10.1. The van der Waals surface area contributed by atoms with Gasteiger partial charge >= 0.3 is 0 Å². The molecule has 2 amide bonds. The summed E-state index contributed by atoms with van der Waals surface area (Å²) in [7, 11) is 3.06. The molecule has 2 rings (SSSR count). The fourth-order valence-electron chi connectivity index (χ4n) is 2.33. The van der Waals surface area contributed by atoms with Crippen LogP contribution in [0, 0.1) is 12.3 Å². The maximum atomic E-state index is 12.4. The van der Waals surface area contributed by atoms with E-state index in [0.717, 1.165) is 0 Å². The van der Waals surface area contributed by atoms with E-state index in [-0.39, 0.29) is 17.3 Å². The third-order valence-corrected chi connectivity index (χ3v) is 4.72. The van der Waals surface area contributed by atoms with Crippen molar-refractivity contribution in [3.8, 4) is 23.8 Å². The minimum atomic E-state index is -0.458. The number of likely N-dealkylation sites (N-methyl/N-ethyl adjacent to an activating group) is 2. The summed E-state index contributed by atoms with van der Waals surface area (Å²) in [5, 5.41) is 0.159. The molecular weight excluding hydrogens is 420 g/mol. The van der Waals surface area contributed by atoms with Crippen LogP contribution >= 0.6 is 28.1 Å². The fraction of sp³-hybridized carbons (Fsp3) is 0.278. The van der Waals surface area contributed by atoms with Gasteiger partial charge in [-0.25, -0.2) is 0 Å². The summed E-state index contributed by atoms with van der Waals surface area (Å²) < 4.78 is 11.7. The van der Waals surface area contributed by atoms with Gasteiger partial charge in [0.25, 0.3) is 11.8 Å². The molecule has 0 bridgehead atoms. The first-order chi connectivity index (χ1) is 12.3. The average Bonchev–Trinajstić information content (AvgIpc) is 2.61. The molecule has 1 saturated heterocycles. The zero-order valence-electron chi connectivity index (χ0n) is 14.5. The van der Waals surface area contributed by atoms with E-state index in [9.17, 15) is 9.59 Å². The molecule has 0 N–H and O–H groups in total. The number of amides is 2. The zero-order chi connectivity index (χ0) is 19.4. The third kappa shape index (κ3) is 3.89. The number of nitrogens with zero attached hydrogens (tertiary/aromatic N) is 2. The van der Waals surface area contributed by atoms with E-state index in [2.05, 4.69) is 21.9 Å². The second kappa shape index (κ2) is 8.34. The van der Waals surface area contributed by atoms with Gasteiger partial charge in [-0.1, -0.05) is 5.92 Å². The zero-order valence-corrected chi connectivity index (χ0v) is 16.9. The van der Waals surface area contributed by atoms with Gasteiger partial charge in [0.2, 0.25) is 0 Å². The molecule has 1 fully saturated rings. The Balaban J connectivity index is 2.49. The monoisotopic (exact) mass is 436 g/mol. The van der Waals surface area contributed by atoms with E-state index in [1.54, 1.807) is 12.1 Å². The van der Waals surface area contributed by atoms with Crippen molar-refractivity contribution in [1.82, 2.24) is 9.80 Å². The van der Waals surface area contributed by atoms with E-state index in [1.165, 1.54) is 30.0 Å². The molecule has 1 heterocycles. The number of carbonyl (C=O) groups is 2. The highest BCUT2D eigenvalue weighted by Crippen LogP contribution is 2.37. The number of benzene rings is 1. The van der Waals surface area contributed by atoms with Crippen molar-refractivity contribution < 1.29 is 19.1 Å². The van der Waals surface area contributed by atoms with Crippen molar-refractivity contribution in [2.75, 3.05) is 27.3 Å². The first kappa shape index (κ1) is 19.9. The van der Waals surface area contributed by atoms with E-state index in [0.29, 0.717) is 28.1 Å². The van der Waals surface area contributed by atoms with E-state index >= 15 is 0 Å². The predicted octanol–water partition coefficient (Wildman–Crippen LogP) is 2.46. The van der Waals surface area contributed by atoms with Gasteiger partial charge < -0.3 is 9.47 Å². The molecule has 1 aromatic carbocycles. The summed E-state index contributed by atoms with van der Waals surface area (Å²) in [5.41, 5.74) is 0.606. The second-order valence-electron chi connectivity index (χ2n) is 5.32. The molecule has 0 atom stereocenters. The number of carbonyl (C=O) groups excluding carboxylic acids is 2. The number of thiocarbonyl (C=S) groups is 1. The normalized spacial score (nSPS) is 14.4. The Kier molecular flexibility index (Phi) is 6.40. The standard InChI is InChI=1S/C18H17BrN2O4S/c1-5-7-25-15-13(19)9-11(10-14(15)24-6-2)8-12-16(22)20(3)18(26)21(4)17(12)23/h1,8-10H,6-7H2,2-4H3. The highest BCUT2D eigenvalue weighted by Gasteiger charge is 2.35. The van der Waals surface area contributed by atoms with Crippen LogP contribution in [-0.2, 0) is 9.59 Å². The van der Waals surface area contributed by atoms with Gasteiger partial charge in [-0.15, -0.1) is 6.42 Å². The quantitative estimate of drug-likeness (QED) is 0.307. The first-order valence-electron chi connectivity index (χ1n) is 7.66. The molecule has 1 aliphatic rings. The van der Waals surface area contributed by atoms with Crippen molar-refractivity contribution >= 4 is 51.2 Å². The van der Waals surface area contributed by atoms with Gasteiger partial charge in [0.1, 0.15) is 12.2 Å². The maximum absolute atomic E-state index is 12.4. The Morgan fingerprint density at radius 3 is 2.38 bits per heavy atom. The van der Waals surface area contributed by atoms with Gasteiger partial charge in [0.15, 0.2) is 16.6 Å². The van der Waals surface area contributed by atoms with Gasteiger partial charge in [-0.3, -0.25) is 19.4 Å². The number of terminal acetylenes is 1. The van der Waals surface area contributed by atoms with Crippen molar-refractivity contribution in [3.63, 3.8) is 0 Å². The summed E-state index contributed by atoms with van der Waals surface area (Å²) in [6, 6.07) is 3.40. The van der Waals surface area contributed by atoms with Crippen LogP contribution in [0.3, 0.4) is 0 Å². The van der Waals surface area contributed by atoms with E-state index in [1.807, 2.05) is 6.92 Å². The lowest BCUT2D eigenvalue weighted by Gasteiger charge is -2.31. The van der Waals surface area contributed by atoms with Crippen LogP contribution in [0.25, 0.3) is 6.08 Å². The van der Waals surface area contributed by atoms with Crippen LogP contribution in [0.2, 0.25) is 0 Å². The lowest BCUT2D eigenvalue weighted by molar-refractivity contribution is -0.132. The maximum Gasteiger partial charge on any atom is 0.265 e. The molecule has 0 spiro atoms. The van der Waals surface area contributed by atoms with E-state index in [4.69, 9.17) is 28.1 Å². The summed E-state index contributed by atoms with van der Waals surface area (Å²) in [6.07, 6.45) is 6.73. The predicted molar refractivity (Wildman–Crippen MR) is 106 cm³/mol. The van der Waals surface area contributed by atoms with Crippen molar-refractivity contribution in [2.45, 2.75) is 6.92 Å². The molecular formula is C18H17BrN2O4S. The molecule has 0 unspecified atom stereocenters. The van der Waals surface area contributed by atoms with Crippen molar-refractivity contribution in [1.29, 1.82) is 0 Å². The molecule has 8 heteroatoms. The van der Waals surface area contributed by atoms with Crippen LogP contribution in [0.1, 0.15) is 12.5 Å². The van der Waals surface area contributed by atoms with Crippen LogP contribution in [-0.4, -0.2) is 54.0 Å². The fourth-order valence-corrected chi connectivity index (χ4v) is 3.07. The molecule has 0 saturated carbocycles. The largest absolute Gasteiger partial charge is 0.490 e. The van der Waals surface area contributed by atoms with Crippen LogP contribution in [0.15, 0.2) is 22.2 Å². The third-order valence-electron chi connectivity index (χ3n) is 3.59. The number of hydrogen-bond acceptors (Lipinski definition) is 5. The number of hydrogen-bond donors (Lipinski definition) is 0. The van der Waals surface area contributed by atoms with Gasteiger partial charge in [-0.05, 0) is 58.8 Å². The number of rotatable bonds is 5. The van der Waals surface area contributed by atoms with E-state index < -0.39 is 11.8 Å². The summed E-state index contributed by atoms with van der Waals surface area (Å²) >= 11 is 8.49. The Bertz CT molecular complexity index is 818. The molecule has 0 aromatic heterocycles. The molecule has 0 aliphatic carbocycles. The minimum absolute atomic E-state index is 0.00948. The molecule has 136 valence electrons. The van der Waals surface area contributed by atoms with Crippen LogP contribution in [0.5, 0.6) is 11.5 Å². The van der Waals surface area contributed by atoms with Crippen LogP contribution in [0.4, 0.5) is 0 Å². The van der Waals surface area contributed by atoms with Gasteiger partial charge in [-0.2, -0.15) is 0 Å². The summed E-state index contributed by atoms with van der Waals surface area (Å²) in [6.45, 7) is 2.34.